The number of nitrogens with one attached hydrogen (secondary N) is 2. The number of anilines is 1. The number of benzene rings is 1. The standard InChI is InChI=1S/C17H18FN3O2S/c1-2-14(16(23)19-13-8-4-3-7-11(13)18)24-17-20-12-9-5-6-10(12)15(22)21-17/h3-4,7-8,14H,2,5-6,9H2,1H3,(H,19,23)(H,20,21,22)/t14-/m1/s1. The highest BCUT2D eigenvalue weighted by Gasteiger charge is 2.23. The summed E-state index contributed by atoms with van der Waals surface area (Å²) in [5, 5.41) is 2.57. The first kappa shape index (κ1) is 16.7. The third-order valence-corrected chi connectivity index (χ3v) is 5.22. The summed E-state index contributed by atoms with van der Waals surface area (Å²) in [7, 11) is 0. The lowest BCUT2D eigenvalue weighted by atomic mass is 10.2. The first-order chi connectivity index (χ1) is 11.6. The van der Waals surface area contributed by atoms with Crippen LogP contribution in [0.3, 0.4) is 0 Å². The number of aryl methyl sites for hydroxylation is 1. The molecule has 1 aliphatic rings. The van der Waals surface area contributed by atoms with Crippen LogP contribution in [0.1, 0.15) is 31.0 Å². The minimum atomic E-state index is -0.477. The van der Waals surface area contributed by atoms with Gasteiger partial charge in [0.25, 0.3) is 5.56 Å². The van der Waals surface area contributed by atoms with Crippen LogP contribution in [0, 0.1) is 5.82 Å². The lowest BCUT2D eigenvalue weighted by Gasteiger charge is -2.14. The van der Waals surface area contributed by atoms with Crippen molar-refractivity contribution < 1.29 is 9.18 Å². The van der Waals surface area contributed by atoms with E-state index in [9.17, 15) is 14.0 Å². The van der Waals surface area contributed by atoms with Crippen molar-refractivity contribution >= 4 is 23.4 Å². The minimum absolute atomic E-state index is 0.121. The van der Waals surface area contributed by atoms with Gasteiger partial charge in [0.15, 0.2) is 5.16 Å². The van der Waals surface area contributed by atoms with Gasteiger partial charge in [0.05, 0.1) is 16.6 Å². The van der Waals surface area contributed by atoms with Crippen LogP contribution in [0.25, 0.3) is 0 Å². The SMILES string of the molecule is CC[C@@H](Sc1nc2c(c(=O)[nH]1)CCC2)C(=O)Nc1ccccc1F. The van der Waals surface area contributed by atoms with Crippen LogP contribution >= 0.6 is 11.8 Å². The van der Waals surface area contributed by atoms with E-state index < -0.39 is 11.1 Å². The third kappa shape index (κ3) is 3.51. The Kier molecular flexibility index (Phi) is 4.99. The van der Waals surface area contributed by atoms with E-state index in [2.05, 4.69) is 15.3 Å². The molecule has 1 atom stereocenters. The van der Waals surface area contributed by atoms with Gasteiger partial charge in [-0.15, -0.1) is 0 Å². The molecule has 0 aliphatic heterocycles. The smallest absolute Gasteiger partial charge is 0.254 e. The molecule has 0 bridgehead atoms. The molecule has 1 amide bonds. The normalized spacial score (nSPS) is 14.2. The molecule has 1 aliphatic carbocycles. The second-order valence-corrected chi connectivity index (χ2v) is 6.83. The van der Waals surface area contributed by atoms with E-state index in [1.54, 1.807) is 12.1 Å². The van der Waals surface area contributed by atoms with Gasteiger partial charge in [0.2, 0.25) is 5.91 Å². The Bertz CT molecular complexity index is 822. The Labute approximate surface area is 143 Å². The summed E-state index contributed by atoms with van der Waals surface area (Å²) in [4.78, 5) is 31.7. The number of hydrogen-bond donors (Lipinski definition) is 2. The molecule has 0 saturated heterocycles. The monoisotopic (exact) mass is 347 g/mol. The summed E-state index contributed by atoms with van der Waals surface area (Å²) in [5.41, 5.74) is 1.61. The second kappa shape index (κ2) is 7.17. The maximum Gasteiger partial charge on any atom is 0.254 e. The molecule has 0 fully saturated rings. The van der Waals surface area contributed by atoms with Gasteiger partial charge in [0.1, 0.15) is 5.82 Å². The molecule has 1 heterocycles. The minimum Gasteiger partial charge on any atom is -0.323 e. The molecule has 0 spiro atoms. The number of aromatic amines is 1. The highest BCUT2D eigenvalue weighted by atomic mass is 32.2. The molecule has 24 heavy (non-hydrogen) atoms. The quantitative estimate of drug-likeness (QED) is 0.644. The van der Waals surface area contributed by atoms with Crippen molar-refractivity contribution in [3.05, 3.63) is 51.7 Å². The summed E-state index contributed by atoms with van der Waals surface area (Å²) < 4.78 is 13.7. The van der Waals surface area contributed by atoms with Crippen LogP contribution in [0.15, 0.2) is 34.2 Å². The number of carbonyl (C=O) groups is 1. The predicted molar refractivity (Wildman–Crippen MR) is 91.8 cm³/mol. The van der Waals surface area contributed by atoms with E-state index in [4.69, 9.17) is 0 Å². The molecule has 5 nitrogen and oxygen atoms in total. The molecule has 2 N–H and O–H groups in total. The number of para-hydroxylation sites is 1. The van der Waals surface area contributed by atoms with Gasteiger partial charge >= 0.3 is 0 Å². The fraction of sp³-hybridized carbons (Fsp3) is 0.353. The number of nitrogens with zero attached hydrogens (tertiary/aromatic N) is 1. The number of thioether (sulfide) groups is 1. The Morgan fingerprint density at radius 3 is 2.96 bits per heavy atom. The zero-order chi connectivity index (χ0) is 17.1. The van der Waals surface area contributed by atoms with E-state index in [0.717, 1.165) is 30.5 Å². The van der Waals surface area contributed by atoms with Crippen molar-refractivity contribution in [1.82, 2.24) is 9.97 Å². The summed E-state index contributed by atoms with van der Waals surface area (Å²) >= 11 is 1.20. The van der Waals surface area contributed by atoms with Crippen molar-refractivity contribution in [2.45, 2.75) is 43.0 Å². The van der Waals surface area contributed by atoms with Gasteiger partial charge in [-0.1, -0.05) is 30.8 Å². The zero-order valence-electron chi connectivity index (χ0n) is 13.3. The van der Waals surface area contributed by atoms with Crippen LogP contribution < -0.4 is 10.9 Å². The number of halogens is 1. The van der Waals surface area contributed by atoms with Crippen LogP contribution in [0.5, 0.6) is 0 Å². The summed E-state index contributed by atoms with van der Waals surface area (Å²) in [6.45, 7) is 1.87. The van der Waals surface area contributed by atoms with Gasteiger partial charge in [-0.05, 0) is 37.8 Å². The molecule has 7 heteroatoms. The maximum atomic E-state index is 13.7. The number of rotatable bonds is 5. The van der Waals surface area contributed by atoms with E-state index in [-0.39, 0.29) is 17.2 Å². The highest BCUT2D eigenvalue weighted by molar-refractivity contribution is 8.00. The highest BCUT2D eigenvalue weighted by Crippen LogP contribution is 2.25. The number of fused-ring (bicyclic) bond motifs is 1. The average Bonchev–Trinajstić information content (AvgIpc) is 3.03. The number of hydrogen-bond acceptors (Lipinski definition) is 4. The summed E-state index contributed by atoms with van der Waals surface area (Å²) in [6.07, 6.45) is 3.02. The van der Waals surface area contributed by atoms with E-state index in [1.807, 2.05) is 6.92 Å². The van der Waals surface area contributed by atoms with Gasteiger partial charge in [-0.3, -0.25) is 9.59 Å². The van der Waals surface area contributed by atoms with Crippen LogP contribution in [0.4, 0.5) is 10.1 Å². The largest absolute Gasteiger partial charge is 0.323 e. The van der Waals surface area contributed by atoms with Crippen molar-refractivity contribution in [1.29, 1.82) is 0 Å². The van der Waals surface area contributed by atoms with Crippen molar-refractivity contribution in [3.63, 3.8) is 0 Å². The maximum absolute atomic E-state index is 13.7. The van der Waals surface area contributed by atoms with Gasteiger partial charge in [-0.2, -0.15) is 0 Å². The first-order valence-corrected chi connectivity index (χ1v) is 8.80. The second-order valence-electron chi connectivity index (χ2n) is 5.63. The van der Waals surface area contributed by atoms with E-state index in [0.29, 0.717) is 11.6 Å². The van der Waals surface area contributed by atoms with Crippen LogP contribution in [-0.2, 0) is 17.6 Å². The molecule has 1 aromatic heterocycles. The Morgan fingerprint density at radius 2 is 2.21 bits per heavy atom. The average molecular weight is 347 g/mol. The number of H-pyrrole nitrogens is 1. The fourth-order valence-corrected chi connectivity index (χ4v) is 3.62. The molecule has 1 aromatic carbocycles. The van der Waals surface area contributed by atoms with Crippen molar-refractivity contribution in [2.75, 3.05) is 5.32 Å². The molecule has 126 valence electrons. The predicted octanol–water partition coefficient (Wildman–Crippen LogP) is 2.91. The molecule has 0 saturated carbocycles. The first-order valence-electron chi connectivity index (χ1n) is 7.92. The topological polar surface area (TPSA) is 74.8 Å². The fourth-order valence-electron chi connectivity index (χ4n) is 2.71. The molecule has 3 rings (SSSR count). The lowest BCUT2D eigenvalue weighted by Crippen LogP contribution is -2.26. The molecular weight excluding hydrogens is 329 g/mol. The van der Waals surface area contributed by atoms with E-state index in [1.165, 1.54) is 23.9 Å². The summed E-state index contributed by atoms with van der Waals surface area (Å²) in [6, 6.07) is 6.03. The molecular formula is C17H18FN3O2S. The van der Waals surface area contributed by atoms with Crippen LogP contribution in [0.2, 0.25) is 0 Å². The van der Waals surface area contributed by atoms with Gasteiger partial charge in [-0.25, -0.2) is 9.37 Å². The molecule has 0 unspecified atom stereocenters. The lowest BCUT2D eigenvalue weighted by molar-refractivity contribution is -0.115. The Hall–Kier alpha value is -2.15. The molecule has 2 aromatic rings. The summed E-state index contributed by atoms with van der Waals surface area (Å²) in [5.74, 6) is -0.787. The number of carbonyl (C=O) groups excluding carboxylic acids is 1. The Morgan fingerprint density at radius 1 is 1.42 bits per heavy atom. The number of aromatic nitrogens is 2. The van der Waals surface area contributed by atoms with Crippen molar-refractivity contribution in [3.8, 4) is 0 Å². The van der Waals surface area contributed by atoms with E-state index >= 15 is 0 Å². The number of amides is 1. The zero-order valence-corrected chi connectivity index (χ0v) is 14.1. The molecule has 0 radical (unpaired) electrons. The van der Waals surface area contributed by atoms with Crippen molar-refractivity contribution in [2.24, 2.45) is 0 Å². The van der Waals surface area contributed by atoms with Gasteiger partial charge in [0, 0.05) is 5.56 Å². The Balaban J connectivity index is 1.75. The van der Waals surface area contributed by atoms with Gasteiger partial charge < -0.3 is 10.3 Å². The third-order valence-electron chi connectivity index (χ3n) is 3.97. The van der Waals surface area contributed by atoms with Crippen LogP contribution in [-0.4, -0.2) is 21.1 Å².